The molecule has 0 saturated heterocycles. The van der Waals surface area contributed by atoms with Crippen LogP contribution in [0, 0.1) is 0 Å². The smallest absolute Gasteiger partial charge is 0.416 e. The van der Waals surface area contributed by atoms with E-state index in [1.165, 1.54) is 18.2 Å². The third-order valence-electron chi connectivity index (χ3n) is 3.41. The zero-order valence-corrected chi connectivity index (χ0v) is 14.7. The van der Waals surface area contributed by atoms with E-state index in [4.69, 9.17) is 16.3 Å². The minimum absolute atomic E-state index is 0.177. The Balaban J connectivity index is 1.81. The largest absolute Gasteiger partial charge is 0.452 e. The van der Waals surface area contributed by atoms with Crippen LogP contribution in [0.4, 0.5) is 13.2 Å². The number of hydrogen-bond donors (Lipinski definition) is 1. The summed E-state index contributed by atoms with van der Waals surface area (Å²) < 4.78 is 42.6. The van der Waals surface area contributed by atoms with E-state index in [0.29, 0.717) is 10.6 Å². The summed E-state index contributed by atoms with van der Waals surface area (Å²) in [4.78, 5) is 23.3. The summed E-state index contributed by atoms with van der Waals surface area (Å²) in [7, 11) is 0. The van der Waals surface area contributed by atoms with Gasteiger partial charge in [0.05, 0.1) is 5.56 Å². The van der Waals surface area contributed by atoms with Crippen LogP contribution < -0.4 is 5.32 Å². The fourth-order valence-corrected chi connectivity index (χ4v) is 2.26. The molecule has 0 saturated carbocycles. The van der Waals surface area contributed by atoms with Crippen molar-refractivity contribution in [1.82, 2.24) is 5.32 Å². The lowest BCUT2D eigenvalue weighted by Crippen LogP contribution is -2.28. The van der Waals surface area contributed by atoms with Crippen LogP contribution in [0.15, 0.2) is 54.6 Å². The number of nitrogens with one attached hydrogen (secondary N) is 1. The van der Waals surface area contributed by atoms with Gasteiger partial charge in [0, 0.05) is 17.6 Å². The monoisotopic (exact) mass is 397 g/mol. The average Bonchev–Trinajstić information content (AvgIpc) is 2.63. The maximum atomic E-state index is 12.6. The Morgan fingerprint density at radius 2 is 1.85 bits per heavy atom. The Morgan fingerprint density at radius 1 is 1.11 bits per heavy atom. The molecule has 1 amide bonds. The van der Waals surface area contributed by atoms with Crippen molar-refractivity contribution in [2.24, 2.45) is 0 Å². The topological polar surface area (TPSA) is 55.4 Å². The van der Waals surface area contributed by atoms with Crippen LogP contribution in [0.3, 0.4) is 0 Å². The summed E-state index contributed by atoms with van der Waals surface area (Å²) in [5.74, 6) is -1.38. The summed E-state index contributed by atoms with van der Waals surface area (Å²) in [6.07, 6.45) is -2.33. The van der Waals surface area contributed by atoms with E-state index >= 15 is 0 Å². The molecule has 8 heteroatoms. The van der Waals surface area contributed by atoms with Gasteiger partial charge >= 0.3 is 12.1 Å². The number of rotatable bonds is 6. The van der Waals surface area contributed by atoms with Gasteiger partial charge < -0.3 is 10.1 Å². The molecule has 2 aromatic carbocycles. The number of amides is 1. The van der Waals surface area contributed by atoms with Crippen LogP contribution in [0.25, 0.3) is 6.08 Å². The number of carbonyl (C=O) groups is 2. The van der Waals surface area contributed by atoms with Crippen molar-refractivity contribution in [3.63, 3.8) is 0 Å². The van der Waals surface area contributed by atoms with E-state index in [1.807, 2.05) is 0 Å². The molecule has 0 bridgehead atoms. The first-order chi connectivity index (χ1) is 12.8. The highest BCUT2D eigenvalue weighted by molar-refractivity contribution is 6.31. The Labute approximate surface area is 158 Å². The van der Waals surface area contributed by atoms with Gasteiger partial charge in [-0.3, -0.25) is 4.79 Å². The molecule has 142 valence electrons. The SMILES string of the molecule is O=C(COC(=O)/C=C/c1cccc(C(F)(F)F)c1)NCc1ccccc1Cl. The lowest BCUT2D eigenvalue weighted by atomic mass is 10.1. The lowest BCUT2D eigenvalue weighted by Gasteiger charge is -2.07. The van der Waals surface area contributed by atoms with Crippen molar-refractivity contribution >= 4 is 29.6 Å². The third kappa shape index (κ3) is 6.79. The first-order valence-corrected chi connectivity index (χ1v) is 8.16. The van der Waals surface area contributed by atoms with Crippen LogP contribution >= 0.6 is 11.6 Å². The number of carbonyl (C=O) groups excluding carboxylic acids is 2. The van der Waals surface area contributed by atoms with E-state index in [9.17, 15) is 22.8 Å². The van der Waals surface area contributed by atoms with Gasteiger partial charge in [0.2, 0.25) is 0 Å². The Kier molecular flexibility index (Phi) is 7.01. The standard InChI is InChI=1S/C19H15ClF3NO3/c20-16-7-2-1-5-14(16)11-24-17(25)12-27-18(26)9-8-13-4-3-6-15(10-13)19(21,22)23/h1-10H,11-12H2,(H,24,25)/b9-8+. The molecule has 4 nitrogen and oxygen atoms in total. The third-order valence-corrected chi connectivity index (χ3v) is 3.77. The van der Waals surface area contributed by atoms with Crippen molar-refractivity contribution in [2.45, 2.75) is 12.7 Å². The average molecular weight is 398 g/mol. The summed E-state index contributed by atoms with van der Waals surface area (Å²) in [6.45, 7) is -0.341. The van der Waals surface area contributed by atoms with Crippen LogP contribution in [0.1, 0.15) is 16.7 Å². The second-order valence-corrected chi connectivity index (χ2v) is 5.84. The molecule has 0 atom stereocenters. The van der Waals surface area contributed by atoms with Crippen molar-refractivity contribution in [1.29, 1.82) is 0 Å². The van der Waals surface area contributed by atoms with Gasteiger partial charge in [0.15, 0.2) is 6.61 Å². The molecule has 0 radical (unpaired) electrons. The van der Waals surface area contributed by atoms with Gasteiger partial charge in [-0.15, -0.1) is 0 Å². The molecule has 0 heterocycles. The number of benzene rings is 2. The molecule has 1 N–H and O–H groups in total. The molecule has 2 aromatic rings. The molecular formula is C19H15ClF3NO3. The minimum atomic E-state index is -4.47. The molecule has 0 unspecified atom stereocenters. The zero-order chi connectivity index (χ0) is 19.9. The van der Waals surface area contributed by atoms with Crippen LogP contribution in [-0.4, -0.2) is 18.5 Å². The summed E-state index contributed by atoms with van der Waals surface area (Å²) in [5, 5.41) is 3.04. The molecule has 0 fully saturated rings. The van der Waals surface area contributed by atoms with Gasteiger partial charge in [0.25, 0.3) is 5.91 Å². The van der Waals surface area contributed by atoms with Gasteiger partial charge in [-0.25, -0.2) is 4.79 Å². The van der Waals surface area contributed by atoms with Crippen molar-refractivity contribution < 1.29 is 27.5 Å². The van der Waals surface area contributed by atoms with E-state index in [2.05, 4.69) is 5.32 Å². The van der Waals surface area contributed by atoms with Crippen LogP contribution in [0.5, 0.6) is 0 Å². The maximum absolute atomic E-state index is 12.6. The Bertz CT molecular complexity index is 850. The number of halogens is 4. The van der Waals surface area contributed by atoms with Crippen molar-refractivity contribution in [3.05, 3.63) is 76.3 Å². The Morgan fingerprint density at radius 3 is 2.56 bits per heavy atom. The van der Waals surface area contributed by atoms with Gasteiger partial charge in [-0.2, -0.15) is 13.2 Å². The van der Waals surface area contributed by atoms with Gasteiger partial charge in [0.1, 0.15) is 0 Å². The van der Waals surface area contributed by atoms with Crippen LogP contribution in [0.2, 0.25) is 5.02 Å². The van der Waals surface area contributed by atoms with Crippen molar-refractivity contribution in [2.75, 3.05) is 6.61 Å². The van der Waals surface area contributed by atoms with E-state index < -0.39 is 30.2 Å². The summed E-state index contributed by atoms with van der Waals surface area (Å²) in [5.41, 5.74) is 0.0743. The van der Waals surface area contributed by atoms with Crippen molar-refractivity contribution in [3.8, 4) is 0 Å². The molecule has 0 aromatic heterocycles. The molecule has 0 aliphatic heterocycles. The van der Waals surface area contributed by atoms with E-state index in [1.54, 1.807) is 24.3 Å². The molecular weight excluding hydrogens is 383 g/mol. The van der Waals surface area contributed by atoms with Gasteiger partial charge in [-0.05, 0) is 35.4 Å². The number of esters is 1. The highest BCUT2D eigenvalue weighted by Crippen LogP contribution is 2.29. The molecule has 0 aliphatic rings. The predicted octanol–water partition coefficient (Wildman–Crippen LogP) is 4.23. The quantitative estimate of drug-likeness (QED) is 0.586. The molecule has 27 heavy (non-hydrogen) atoms. The summed E-state index contributed by atoms with van der Waals surface area (Å²) in [6, 6.07) is 11.4. The number of hydrogen-bond acceptors (Lipinski definition) is 3. The minimum Gasteiger partial charge on any atom is -0.452 e. The molecule has 0 spiro atoms. The maximum Gasteiger partial charge on any atom is 0.416 e. The number of alkyl halides is 3. The second kappa shape index (κ2) is 9.23. The predicted molar refractivity (Wildman–Crippen MR) is 94.7 cm³/mol. The van der Waals surface area contributed by atoms with Crippen LogP contribution in [-0.2, 0) is 27.0 Å². The molecule has 2 rings (SSSR count). The zero-order valence-electron chi connectivity index (χ0n) is 13.9. The van der Waals surface area contributed by atoms with E-state index in [-0.39, 0.29) is 12.1 Å². The summed E-state index contributed by atoms with van der Waals surface area (Å²) >= 11 is 5.96. The lowest BCUT2D eigenvalue weighted by molar-refractivity contribution is -0.143. The first-order valence-electron chi connectivity index (χ1n) is 7.78. The highest BCUT2D eigenvalue weighted by atomic mass is 35.5. The van der Waals surface area contributed by atoms with E-state index in [0.717, 1.165) is 18.2 Å². The highest BCUT2D eigenvalue weighted by Gasteiger charge is 2.30. The first kappa shape index (κ1) is 20.5. The number of ether oxygens (including phenoxy) is 1. The van der Waals surface area contributed by atoms with Gasteiger partial charge in [-0.1, -0.05) is 41.9 Å². The molecule has 0 aliphatic carbocycles. The Hall–Kier alpha value is -2.80. The second-order valence-electron chi connectivity index (χ2n) is 5.43. The fraction of sp³-hybridized carbons (Fsp3) is 0.158. The fourth-order valence-electron chi connectivity index (χ4n) is 2.05. The normalized spacial score (nSPS) is 11.4.